The fourth-order valence-electron chi connectivity index (χ4n) is 3.03. The molecular formula is C15H30N4O2. The van der Waals surface area contributed by atoms with Crippen LogP contribution < -0.4 is 10.6 Å². The van der Waals surface area contributed by atoms with Gasteiger partial charge in [-0.1, -0.05) is 0 Å². The topological polar surface area (TPSA) is 58.1 Å². The summed E-state index contributed by atoms with van der Waals surface area (Å²) in [6.45, 7) is 9.48. The minimum atomic E-state index is 0.215. The van der Waals surface area contributed by atoms with Crippen LogP contribution in [-0.4, -0.2) is 75.5 Å². The third-order valence-electron chi connectivity index (χ3n) is 4.06. The molecule has 0 bridgehead atoms. The Balaban J connectivity index is 1.81. The first kappa shape index (κ1) is 16.5. The number of nitrogens with one attached hydrogen (secondary N) is 2. The molecule has 0 aromatic rings. The highest BCUT2D eigenvalue weighted by Gasteiger charge is 2.31. The number of nitrogens with zero attached hydrogens (tertiary/aromatic N) is 2. The Hall–Kier alpha value is -0.850. The fourth-order valence-corrected chi connectivity index (χ4v) is 3.03. The van der Waals surface area contributed by atoms with Gasteiger partial charge in [0.05, 0.1) is 25.9 Å². The van der Waals surface area contributed by atoms with Gasteiger partial charge in [-0.05, 0) is 33.2 Å². The molecule has 2 saturated heterocycles. The molecule has 2 aliphatic rings. The van der Waals surface area contributed by atoms with Crippen LogP contribution in [0.15, 0.2) is 4.99 Å². The number of ether oxygens (including phenoxy) is 2. The van der Waals surface area contributed by atoms with Crippen molar-refractivity contribution in [3.63, 3.8) is 0 Å². The third kappa shape index (κ3) is 5.13. The van der Waals surface area contributed by atoms with Crippen molar-refractivity contribution in [2.75, 3.05) is 46.5 Å². The van der Waals surface area contributed by atoms with Crippen LogP contribution in [-0.2, 0) is 9.47 Å². The highest BCUT2D eigenvalue weighted by atomic mass is 16.5. The number of fused-ring (bicyclic) bond motifs is 1. The van der Waals surface area contributed by atoms with Crippen LogP contribution in [0.4, 0.5) is 0 Å². The molecule has 0 radical (unpaired) electrons. The van der Waals surface area contributed by atoms with Crippen molar-refractivity contribution < 1.29 is 9.47 Å². The zero-order valence-corrected chi connectivity index (χ0v) is 13.6. The molecule has 3 unspecified atom stereocenters. The van der Waals surface area contributed by atoms with Gasteiger partial charge in [-0.25, -0.2) is 0 Å². The summed E-state index contributed by atoms with van der Waals surface area (Å²) in [6.07, 6.45) is 2.81. The molecule has 2 heterocycles. The molecule has 0 spiro atoms. The Morgan fingerprint density at radius 3 is 3.14 bits per heavy atom. The van der Waals surface area contributed by atoms with Gasteiger partial charge in [0.15, 0.2) is 5.96 Å². The van der Waals surface area contributed by atoms with E-state index in [4.69, 9.17) is 9.47 Å². The minimum absolute atomic E-state index is 0.215. The normalized spacial score (nSPS) is 28.2. The standard InChI is InChI=1S/C15H30N4O2/c1-4-16-15(18-12(2)10-20-3)17-8-14-9-19-7-5-6-13(19)11-21-14/h12-14H,4-11H2,1-3H3,(H2,16,17,18). The molecule has 6 nitrogen and oxygen atoms in total. The van der Waals surface area contributed by atoms with Gasteiger partial charge in [0.25, 0.3) is 0 Å². The lowest BCUT2D eigenvalue weighted by molar-refractivity contribution is -0.0432. The maximum Gasteiger partial charge on any atom is 0.191 e. The van der Waals surface area contributed by atoms with E-state index in [0.717, 1.165) is 25.7 Å². The fraction of sp³-hybridized carbons (Fsp3) is 0.933. The lowest BCUT2D eigenvalue weighted by atomic mass is 10.2. The van der Waals surface area contributed by atoms with Crippen LogP contribution in [0, 0.1) is 0 Å². The predicted octanol–water partition coefficient (Wildman–Crippen LogP) is 0.440. The van der Waals surface area contributed by atoms with Gasteiger partial charge in [0.1, 0.15) is 0 Å². The van der Waals surface area contributed by atoms with E-state index in [1.807, 2.05) is 0 Å². The second-order valence-corrected chi connectivity index (χ2v) is 5.97. The average Bonchev–Trinajstić information content (AvgIpc) is 2.92. The second-order valence-electron chi connectivity index (χ2n) is 5.97. The summed E-state index contributed by atoms with van der Waals surface area (Å²) in [6, 6.07) is 0.890. The van der Waals surface area contributed by atoms with Crippen LogP contribution in [0.5, 0.6) is 0 Å². The molecule has 2 aliphatic heterocycles. The molecule has 0 aliphatic carbocycles. The number of hydrogen-bond donors (Lipinski definition) is 2. The number of hydrogen-bond acceptors (Lipinski definition) is 4. The summed E-state index contributed by atoms with van der Waals surface area (Å²) in [5.74, 6) is 0.842. The Bertz CT molecular complexity index is 338. The quantitative estimate of drug-likeness (QED) is 0.550. The lowest BCUT2D eigenvalue weighted by Crippen LogP contribution is -2.48. The Kier molecular flexibility index (Phi) is 6.73. The van der Waals surface area contributed by atoms with Crippen LogP contribution in [0.25, 0.3) is 0 Å². The number of guanidine groups is 1. The van der Waals surface area contributed by atoms with Crippen molar-refractivity contribution in [3.05, 3.63) is 0 Å². The van der Waals surface area contributed by atoms with E-state index in [1.165, 1.54) is 19.4 Å². The Morgan fingerprint density at radius 2 is 2.38 bits per heavy atom. The van der Waals surface area contributed by atoms with Gasteiger partial charge in [0, 0.05) is 32.3 Å². The predicted molar refractivity (Wildman–Crippen MR) is 84.8 cm³/mol. The number of morpholine rings is 1. The summed E-state index contributed by atoms with van der Waals surface area (Å²) < 4.78 is 11.1. The van der Waals surface area contributed by atoms with E-state index in [0.29, 0.717) is 19.2 Å². The molecule has 0 saturated carbocycles. The molecule has 6 heteroatoms. The minimum Gasteiger partial charge on any atom is -0.383 e. The molecule has 21 heavy (non-hydrogen) atoms. The molecule has 2 N–H and O–H groups in total. The van der Waals surface area contributed by atoms with Crippen molar-refractivity contribution >= 4 is 5.96 Å². The summed E-state index contributed by atoms with van der Waals surface area (Å²) >= 11 is 0. The van der Waals surface area contributed by atoms with Crippen molar-refractivity contribution in [1.82, 2.24) is 15.5 Å². The van der Waals surface area contributed by atoms with Gasteiger partial charge in [0.2, 0.25) is 0 Å². The van der Waals surface area contributed by atoms with Crippen molar-refractivity contribution in [2.24, 2.45) is 4.99 Å². The molecule has 2 fully saturated rings. The maximum atomic E-state index is 5.94. The van der Waals surface area contributed by atoms with E-state index in [2.05, 4.69) is 34.4 Å². The number of aliphatic imine (C=N–C) groups is 1. The smallest absolute Gasteiger partial charge is 0.191 e. The highest BCUT2D eigenvalue weighted by molar-refractivity contribution is 5.80. The van der Waals surface area contributed by atoms with Gasteiger partial charge < -0.3 is 20.1 Å². The highest BCUT2D eigenvalue weighted by Crippen LogP contribution is 2.22. The second kappa shape index (κ2) is 8.56. The zero-order chi connectivity index (χ0) is 15.1. The summed E-state index contributed by atoms with van der Waals surface area (Å²) in [5, 5.41) is 6.62. The lowest BCUT2D eigenvalue weighted by Gasteiger charge is -2.34. The first-order valence-corrected chi connectivity index (χ1v) is 8.12. The van der Waals surface area contributed by atoms with E-state index in [-0.39, 0.29) is 12.1 Å². The monoisotopic (exact) mass is 298 g/mol. The van der Waals surface area contributed by atoms with Crippen LogP contribution in [0.2, 0.25) is 0 Å². The zero-order valence-electron chi connectivity index (χ0n) is 13.6. The van der Waals surface area contributed by atoms with Crippen molar-refractivity contribution in [1.29, 1.82) is 0 Å². The average molecular weight is 298 g/mol. The van der Waals surface area contributed by atoms with Crippen LogP contribution >= 0.6 is 0 Å². The van der Waals surface area contributed by atoms with Crippen molar-refractivity contribution in [3.8, 4) is 0 Å². The van der Waals surface area contributed by atoms with Crippen LogP contribution in [0.1, 0.15) is 26.7 Å². The van der Waals surface area contributed by atoms with Gasteiger partial charge in [-0.15, -0.1) is 0 Å². The maximum absolute atomic E-state index is 5.94. The van der Waals surface area contributed by atoms with Crippen molar-refractivity contribution in [2.45, 2.75) is 44.9 Å². The molecule has 0 amide bonds. The van der Waals surface area contributed by atoms with Gasteiger partial charge in [-0.2, -0.15) is 0 Å². The Labute approximate surface area is 128 Å². The first-order chi connectivity index (χ1) is 10.2. The third-order valence-corrected chi connectivity index (χ3v) is 4.06. The van der Waals surface area contributed by atoms with Crippen LogP contribution in [0.3, 0.4) is 0 Å². The largest absolute Gasteiger partial charge is 0.383 e. The number of rotatable bonds is 6. The van der Waals surface area contributed by atoms with E-state index in [9.17, 15) is 0 Å². The Morgan fingerprint density at radius 1 is 1.52 bits per heavy atom. The molecular weight excluding hydrogens is 268 g/mol. The molecule has 0 aromatic carbocycles. The van der Waals surface area contributed by atoms with Gasteiger partial charge >= 0.3 is 0 Å². The SMILES string of the molecule is CCNC(=NCC1CN2CCCC2CO1)NC(C)COC. The molecule has 0 aromatic heterocycles. The van der Waals surface area contributed by atoms with E-state index >= 15 is 0 Å². The molecule has 3 atom stereocenters. The number of methoxy groups -OCH3 is 1. The van der Waals surface area contributed by atoms with E-state index < -0.39 is 0 Å². The van der Waals surface area contributed by atoms with E-state index in [1.54, 1.807) is 7.11 Å². The summed E-state index contributed by atoms with van der Waals surface area (Å²) in [5.41, 5.74) is 0. The van der Waals surface area contributed by atoms with Gasteiger partial charge in [-0.3, -0.25) is 9.89 Å². The summed E-state index contributed by atoms with van der Waals surface area (Å²) in [7, 11) is 1.71. The first-order valence-electron chi connectivity index (χ1n) is 8.12. The molecule has 2 rings (SSSR count). The molecule has 122 valence electrons. The summed E-state index contributed by atoms with van der Waals surface area (Å²) in [4.78, 5) is 7.21.